The maximum atomic E-state index is 11.1. The molecule has 204 valence electrons. The van der Waals surface area contributed by atoms with Gasteiger partial charge in [-0.2, -0.15) is 0 Å². The first kappa shape index (κ1) is 33.0. The van der Waals surface area contributed by atoms with Gasteiger partial charge in [-0.15, -0.1) is 0 Å². The first-order valence-electron chi connectivity index (χ1n) is 13.8. The molecule has 2 unspecified atom stereocenters. The number of hydrogen-bond donors (Lipinski definition) is 1. The second-order valence-electron chi connectivity index (χ2n) is 11.1. The fourth-order valence-electron chi connectivity index (χ4n) is 4.63. The third-order valence-corrected chi connectivity index (χ3v) is 7.72. The van der Waals surface area contributed by atoms with E-state index in [1.54, 1.807) is 0 Å². The summed E-state index contributed by atoms with van der Waals surface area (Å²) in [6.07, 6.45) is 20.9. The highest BCUT2D eigenvalue weighted by Gasteiger charge is 2.22. The molecule has 1 aromatic carbocycles. The number of nitrogens with zero attached hydrogens (tertiary/aromatic N) is 1. The van der Waals surface area contributed by atoms with Crippen molar-refractivity contribution < 1.29 is 23.4 Å². The molecular weight excluding hydrogens is 568 g/mol. The number of hydrogen-bond acceptors (Lipinski definition) is 3. The maximum absolute atomic E-state index is 11.1. The minimum absolute atomic E-state index is 0.443. The van der Waals surface area contributed by atoms with Crippen LogP contribution in [0.25, 0.3) is 0 Å². The van der Waals surface area contributed by atoms with Gasteiger partial charge in [-0.1, -0.05) is 102 Å². The summed E-state index contributed by atoms with van der Waals surface area (Å²) in [4.78, 5) is 20.1. The topological polar surface area (TPSA) is 69.6 Å². The Bertz CT molecular complexity index is 687. The highest BCUT2D eigenvalue weighted by Crippen LogP contribution is 2.34. The van der Waals surface area contributed by atoms with Gasteiger partial charge in [0.1, 0.15) is 12.6 Å². The van der Waals surface area contributed by atoms with Crippen LogP contribution in [-0.2, 0) is 15.5 Å². The number of unbranched alkanes of at least 4 members (excludes halogenated alkanes) is 14. The molecule has 0 bridgehead atoms. The van der Waals surface area contributed by atoms with E-state index in [4.69, 9.17) is 9.42 Å². The number of quaternary nitrogens is 1. The highest BCUT2D eigenvalue weighted by atomic mass is 123. The maximum Gasteiger partial charge on any atom is 0.265 e. The number of aryl methyl sites for hydroxylation is 1. The Morgan fingerprint density at radius 1 is 0.800 bits per heavy atom. The Balaban J connectivity index is 1.86. The number of rotatable bonds is 22. The van der Waals surface area contributed by atoms with Crippen LogP contribution in [0.15, 0.2) is 24.3 Å². The third-order valence-electron chi connectivity index (χ3n) is 6.44. The van der Waals surface area contributed by atoms with E-state index in [1.165, 1.54) is 99.0 Å². The molecule has 1 N–H and O–H groups in total. The van der Waals surface area contributed by atoms with Gasteiger partial charge < -0.3 is 18.8 Å². The standard InChI is InChI=1S/C28H51INO4P/c1-30(2,3)25-28(34-35(31,32)33)20-18-16-14-12-10-8-6-4-5-7-9-11-13-15-17-19-26-21-23-27(29)24-22-26/h21-24,28H,4-20,25H2,1-3H3,(H-,31,32,33)/i29-4. The molecule has 0 spiro atoms. The molecule has 0 saturated heterocycles. The molecule has 0 saturated carbocycles. The lowest BCUT2D eigenvalue weighted by Crippen LogP contribution is -2.42. The lowest BCUT2D eigenvalue weighted by atomic mass is 10.0. The van der Waals surface area contributed by atoms with Crippen molar-refractivity contribution >= 4 is 30.4 Å². The van der Waals surface area contributed by atoms with Crippen molar-refractivity contribution in [1.82, 2.24) is 0 Å². The van der Waals surface area contributed by atoms with Crippen LogP contribution in [0.4, 0.5) is 0 Å². The van der Waals surface area contributed by atoms with Gasteiger partial charge in [0.25, 0.3) is 7.82 Å². The van der Waals surface area contributed by atoms with E-state index in [0.717, 1.165) is 12.8 Å². The average molecular weight is 620 g/mol. The van der Waals surface area contributed by atoms with Gasteiger partial charge in [-0.3, -0.25) is 4.57 Å². The number of halogens is 1. The monoisotopic (exact) mass is 619 g/mol. The van der Waals surface area contributed by atoms with E-state index in [1.807, 2.05) is 21.1 Å². The van der Waals surface area contributed by atoms with Gasteiger partial charge in [-0.25, -0.2) is 0 Å². The summed E-state index contributed by atoms with van der Waals surface area (Å²) in [5, 5.41) is 0. The largest absolute Gasteiger partial charge is 0.756 e. The van der Waals surface area contributed by atoms with Gasteiger partial charge in [0.2, 0.25) is 0 Å². The van der Waals surface area contributed by atoms with Crippen molar-refractivity contribution in [3.63, 3.8) is 0 Å². The number of phosphoric acid groups is 1. The molecule has 5 nitrogen and oxygen atoms in total. The lowest BCUT2D eigenvalue weighted by Gasteiger charge is -2.31. The van der Waals surface area contributed by atoms with Crippen LogP contribution in [0.2, 0.25) is 0 Å². The zero-order chi connectivity index (χ0) is 26.0. The molecule has 0 fully saturated rings. The van der Waals surface area contributed by atoms with E-state index >= 15 is 0 Å². The molecular formula is C28H51INO4P. The van der Waals surface area contributed by atoms with Crippen LogP contribution >= 0.6 is 30.4 Å². The van der Waals surface area contributed by atoms with Crippen LogP contribution < -0.4 is 4.89 Å². The Labute approximate surface area is 229 Å². The molecule has 35 heavy (non-hydrogen) atoms. The van der Waals surface area contributed by atoms with E-state index in [9.17, 15) is 9.46 Å². The SMILES string of the molecule is C[N+](C)(C)CC(CCCCCCCCCCCCCCCCCc1ccc([123I])cc1)OP(=O)([O-])O. The second kappa shape index (κ2) is 19.1. The highest BCUT2D eigenvalue weighted by molar-refractivity contribution is 14.1. The van der Waals surface area contributed by atoms with Crippen molar-refractivity contribution in [3.05, 3.63) is 33.4 Å². The van der Waals surface area contributed by atoms with Crippen molar-refractivity contribution in [2.24, 2.45) is 0 Å². The summed E-state index contributed by atoms with van der Waals surface area (Å²) in [6, 6.07) is 8.93. The summed E-state index contributed by atoms with van der Waals surface area (Å²) in [5.41, 5.74) is 1.47. The first-order valence-corrected chi connectivity index (χ1v) is 16.4. The predicted octanol–water partition coefficient (Wildman–Crippen LogP) is 7.63. The van der Waals surface area contributed by atoms with E-state index in [-0.39, 0.29) is 0 Å². The van der Waals surface area contributed by atoms with Crippen LogP contribution in [0.5, 0.6) is 0 Å². The minimum Gasteiger partial charge on any atom is -0.756 e. The molecule has 1 aromatic rings. The Morgan fingerprint density at radius 2 is 1.20 bits per heavy atom. The van der Waals surface area contributed by atoms with E-state index in [0.29, 0.717) is 17.4 Å². The lowest BCUT2D eigenvalue weighted by molar-refractivity contribution is -0.873. The number of benzene rings is 1. The van der Waals surface area contributed by atoms with Crippen molar-refractivity contribution in [1.29, 1.82) is 0 Å². The Kier molecular flexibility index (Phi) is 18.1. The molecule has 0 heterocycles. The van der Waals surface area contributed by atoms with E-state index < -0.39 is 13.9 Å². The van der Waals surface area contributed by atoms with Gasteiger partial charge in [0.05, 0.1) is 21.1 Å². The third kappa shape index (κ3) is 21.8. The van der Waals surface area contributed by atoms with Gasteiger partial charge in [-0.05, 0) is 59.5 Å². The molecule has 7 heteroatoms. The fraction of sp³-hybridized carbons (Fsp3) is 0.786. The number of phosphoric ester groups is 1. The van der Waals surface area contributed by atoms with Crippen LogP contribution in [0.1, 0.15) is 108 Å². The summed E-state index contributed by atoms with van der Waals surface area (Å²) in [6.45, 7) is 0.570. The minimum atomic E-state index is -4.67. The molecule has 0 aliphatic heterocycles. The summed E-state index contributed by atoms with van der Waals surface area (Å²) < 4.78 is 17.9. The van der Waals surface area contributed by atoms with E-state index in [2.05, 4.69) is 46.9 Å². The average Bonchev–Trinajstić information content (AvgIpc) is 2.75. The summed E-state index contributed by atoms with van der Waals surface area (Å²) in [7, 11) is 1.32. The molecule has 1 rings (SSSR count). The summed E-state index contributed by atoms with van der Waals surface area (Å²) >= 11 is 2.36. The number of likely N-dealkylation sites (N-methyl/N-ethyl adjacent to an activating group) is 1. The zero-order valence-corrected chi connectivity index (χ0v) is 25.6. The Hall–Kier alpha value is 0.0200. The second-order valence-corrected chi connectivity index (χ2v) is 13.5. The van der Waals surface area contributed by atoms with Crippen molar-refractivity contribution in [3.8, 4) is 0 Å². The first-order chi connectivity index (χ1) is 16.6. The van der Waals surface area contributed by atoms with Crippen molar-refractivity contribution in [2.45, 2.75) is 115 Å². The molecule has 0 aromatic heterocycles. The van der Waals surface area contributed by atoms with Crippen LogP contribution in [-0.4, -0.2) is 43.2 Å². The van der Waals surface area contributed by atoms with Gasteiger partial charge in [0, 0.05) is 3.57 Å². The molecule has 2 atom stereocenters. The van der Waals surface area contributed by atoms with Crippen molar-refractivity contribution in [2.75, 3.05) is 27.7 Å². The molecule has 0 amide bonds. The summed E-state index contributed by atoms with van der Waals surface area (Å²) in [5.74, 6) is 0. The zero-order valence-electron chi connectivity index (χ0n) is 22.6. The Morgan fingerprint density at radius 3 is 1.60 bits per heavy atom. The van der Waals surface area contributed by atoms with Gasteiger partial charge >= 0.3 is 0 Å². The predicted molar refractivity (Wildman–Crippen MR) is 154 cm³/mol. The molecule has 0 radical (unpaired) electrons. The molecule has 0 aliphatic rings. The van der Waals surface area contributed by atoms with Crippen LogP contribution in [0.3, 0.4) is 0 Å². The normalized spacial score (nSPS) is 14.7. The smallest absolute Gasteiger partial charge is 0.265 e. The fourth-order valence-corrected chi connectivity index (χ4v) is 5.54. The van der Waals surface area contributed by atoms with Crippen LogP contribution in [0, 0.1) is 3.57 Å². The van der Waals surface area contributed by atoms with Gasteiger partial charge in [0.15, 0.2) is 0 Å². The molecule has 0 aliphatic carbocycles. The quantitative estimate of drug-likeness (QED) is 0.0628.